The predicted molar refractivity (Wildman–Crippen MR) is 124 cm³/mol. The summed E-state index contributed by atoms with van der Waals surface area (Å²) in [5.74, 6) is -4.89. The zero-order valence-electron chi connectivity index (χ0n) is 19.6. The lowest BCUT2D eigenvalue weighted by Crippen LogP contribution is -2.58. The molecule has 0 bridgehead atoms. The number of aromatic hydroxyl groups is 1. The molecule has 0 fully saturated rings. The Labute approximate surface area is 202 Å². The fraction of sp³-hybridized carbons (Fsp3) is 0.500. The maximum Gasteiger partial charge on any atom is 0.328 e. The number of carboxylic acid groups (broad SMARTS) is 1. The molecule has 10 N–H and O–H groups in total. The number of nitrogens with two attached hydrogens (primary N) is 2. The second-order valence-electron chi connectivity index (χ2n) is 8.48. The summed E-state index contributed by atoms with van der Waals surface area (Å²) in [7, 11) is 0. The molecule has 4 atom stereocenters. The first kappa shape index (κ1) is 29.3. The van der Waals surface area contributed by atoms with Crippen LogP contribution in [-0.4, -0.2) is 75.7 Å². The molecule has 1 aromatic rings. The summed E-state index contributed by atoms with van der Waals surface area (Å²) in [5, 5.41) is 34.6. The van der Waals surface area contributed by atoms with Gasteiger partial charge in [0, 0.05) is 6.42 Å². The van der Waals surface area contributed by atoms with E-state index in [1.807, 2.05) is 13.8 Å². The molecule has 0 spiro atoms. The van der Waals surface area contributed by atoms with Crippen molar-refractivity contribution in [1.29, 1.82) is 0 Å². The Morgan fingerprint density at radius 3 is 1.89 bits per heavy atom. The molecule has 0 radical (unpaired) electrons. The van der Waals surface area contributed by atoms with Crippen LogP contribution >= 0.6 is 0 Å². The van der Waals surface area contributed by atoms with E-state index in [1.54, 1.807) is 0 Å². The number of phenolic OH excluding ortho intramolecular Hbond substituents is 1. The summed E-state index contributed by atoms with van der Waals surface area (Å²) in [6.45, 7) is 2.81. The minimum atomic E-state index is -1.63. The fourth-order valence-electron chi connectivity index (χ4n) is 3.11. The van der Waals surface area contributed by atoms with E-state index in [1.165, 1.54) is 24.3 Å². The number of carboxylic acids is 1. The average Bonchev–Trinajstić information content (AvgIpc) is 2.76. The Morgan fingerprint density at radius 2 is 1.40 bits per heavy atom. The van der Waals surface area contributed by atoms with Gasteiger partial charge in [-0.3, -0.25) is 19.2 Å². The summed E-state index contributed by atoms with van der Waals surface area (Å²) in [4.78, 5) is 60.8. The van der Waals surface area contributed by atoms with Crippen LogP contribution in [0.1, 0.15) is 32.3 Å². The fourth-order valence-corrected chi connectivity index (χ4v) is 3.11. The molecule has 1 rings (SSSR count). The van der Waals surface area contributed by atoms with Crippen LogP contribution < -0.4 is 27.4 Å². The molecule has 0 aliphatic rings. The van der Waals surface area contributed by atoms with Crippen LogP contribution in [0.5, 0.6) is 5.75 Å². The highest BCUT2D eigenvalue weighted by molar-refractivity contribution is 5.96. The van der Waals surface area contributed by atoms with Crippen molar-refractivity contribution in [3.8, 4) is 5.75 Å². The number of carbonyl (C=O) groups excluding carboxylic acids is 4. The Balaban J connectivity index is 3.12. The predicted octanol–water partition coefficient (Wildman–Crippen LogP) is -2.29. The van der Waals surface area contributed by atoms with Gasteiger partial charge in [-0.15, -0.1) is 0 Å². The van der Waals surface area contributed by atoms with Crippen molar-refractivity contribution in [3.05, 3.63) is 29.8 Å². The van der Waals surface area contributed by atoms with Gasteiger partial charge in [0.1, 0.15) is 23.9 Å². The zero-order chi connectivity index (χ0) is 26.7. The summed E-state index contributed by atoms with van der Waals surface area (Å²) >= 11 is 0. The average molecular weight is 496 g/mol. The summed E-state index contributed by atoms with van der Waals surface area (Å²) in [6.07, 6.45) is -0.395. The minimum absolute atomic E-state index is 0.0352. The molecule has 0 heterocycles. The van der Waals surface area contributed by atoms with Crippen LogP contribution in [0.25, 0.3) is 0 Å². The Bertz CT molecular complexity index is 906. The molecule has 0 saturated heterocycles. The van der Waals surface area contributed by atoms with Crippen molar-refractivity contribution >= 4 is 29.6 Å². The summed E-state index contributed by atoms with van der Waals surface area (Å²) in [5.41, 5.74) is 11.5. The number of aliphatic carboxylic acids is 1. The van der Waals surface area contributed by atoms with Crippen molar-refractivity contribution in [3.63, 3.8) is 0 Å². The van der Waals surface area contributed by atoms with Gasteiger partial charge in [0.25, 0.3) is 0 Å². The molecule has 0 aliphatic carbocycles. The van der Waals surface area contributed by atoms with Gasteiger partial charge in [-0.1, -0.05) is 26.0 Å². The smallest absolute Gasteiger partial charge is 0.328 e. The van der Waals surface area contributed by atoms with Crippen LogP contribution in [0.2, 0.25) is 0 Å². The van der Waals surface area contributed by atoms with Gasteiger partial charge in [-0.05, 0) is 30.0 Å². The molecule has 0 saturated carbocycles. The third kappa shape index (κ3) is 10.4. The van der Waals surface area contributed by atoms with Gasteiger partial charge in [0.2, 0.25) is 23.6 Å². The number of aliphatic hydroxyl groups excluding tert-OH is 1. The van der Waals surface area contributed by atoms with Crippen molar-refractivity contribution in [1.82, 2.24) is 16.0 Å². The van der Waals surface area contributed by atoms with E-state index in [0.717, 1.165) is 0 Å². The van der Waals surface area contributed by atoms with Gasteiger partial charge >= 0.3 is 5.97 Å². The van der Waals surface area contributed by atoms with E-state index < -0.39 is 66.8 Å². The Kier molecular flexibility index (Phi) is 11.6. The van der Waals surface area contributed by atoms with Gasteiger partial charge < -0.3 is 42.7 Å². The number of hydrogen-bond acceptors (Lipinski definition) is 8. The lowest BCUT2D eigenvalue weighted by molar-refractivity contribution is -0.143. The first-order valence-electron chi connectivity index (χ1n) is 10.9. The summed E-state index contributed by atoms with van der Waals surface area (Å²) < 4.78 is 0. The lowest BCUT2D eigenvalue weighted by Gasteiger charge is -2.25. The summed E-state index contributed by atoms with van der Waals surface area (Å²) in [6, 6.07) is 0.287. The third-order valence-corrected chi connectivity index (χ3v) is 4.91. The molecule has 1 aromatic carbocycles. The first-order chi connectivity index (χ1) is 16.3. The van der Waals surface area contributed by atoms with E-state index in [4.69, 9.17) is 16.6 Å². The monoisotopic (exact) mass is 495 g/mol. The largest absolute Gasteiger partial charge is 0.508 e. The second kappa shape index (κ2) is 13.9. The maximum atomic E-state index is 12.9. The molecule has 4 unspecified atom stereocenters. The molecule has 13 nitrogen and oxygen atoms in total. The highest BCUT2D eigenvalue weighted by Gasteiger charge is 2.31. The van der Waals surface area contributed by atoms with E-state index in [2.05, 4.69) is 16.0 Å². The molecule has 0 aromatic heterocycles. The normalized spacial score (nSPS) is 14.3. The topological polar surface area (TPSA) is 234 Å². The maximum absolute atomic E-state index is 12.9. The molecular weight excluding hydrogens is 462 g/mol. The quantitative estimate of drug-likeness (QED) is 0.138. The number of phenols is 1. The number of primary amides is 1. The number of hydrogen-bond donors (Lipinski definition) is 8. The molecule has 0 aliphatic heterocycles. The standard InChI is InChI=1S/C22H33N5O8/c1-11(2)7-14(23)19(31)25-16(9-18(24)30)21(33)26-15(8-12-3-5-13(29)6-4-12)20(32)27-17(10-28)22(34)35/h3-6,11,14-17,28-29H,7-10,23H2,1-2H3,(H2,24,30)(H,25,31)(H,26,33)(H,27,32)(H,34,35). The molecule has 194 valence electrons. The van der Waals surface area contributed by atoms with Crippen LogP contribution in [0, 0.1) is 5.92 Å². The van der Waals surface area contributed by atoms with Crippen LogP contribution in [0.15, 0.2) is 24.3 Å². The second-order valence-corrected chi connectivity index (χ2v) is 8.48. The first-order valence-corrected chi connectivity index (χ1v) is 10.9. The van der Waals surface area contributed by atoms with E-state index in [0.29, 0.717) is 12.0 Å². The highest BCUT2D eigenvalue weighted by atomic mass is 16.4. The number of benzene rings is 1. The molecule has 13 heteroatoms. The molecule has 4 amide bonds. The Morgan fingerprint density at radius 1 is 0.886 bits per heavy atom. The molecular formula is C22H33N5O8. The van der Waals surface area contributed by atoms with Crippen LogP contribution in [0.3, 0.4) is 0 Å². The number of nitrogens with one attached hydrogen (secondary N) is 3. The third-order valence-electron chi connectivity index (χ3n) is 4.91. The van der Waals surface area contributed by atoms with Crippen LogP contribution in [-0.2, 0) is 30.4 Å². The number of aliphatic hydroxyl groups is 1. The van der Waals surface area contributed by atoms with Crippen molar-refractivity contribution in [2.75, 3.05) is 6.61 Å². The number of amides is 4. The van der Waals surface area contributed by atoms with Crippen molar-refractivity contribution < 1.29 is 39.3 Å². The van der Waals surface area contributed by atoms with Crippen LogP contribution in [0.4, 0.5) is 0 Å². The minimum Gasteiger partial charge on any atom is -0.508 e. The number of carbonyl (C=O) groups is 5. The highest BCUT2D eigenvalue weighted by Crippen LogP contribution is 2.12. The van der Waals surface area contributed by atoms with Crippen molar-refractivity contribution in [2.24, 2.45) is 17.4 Å². The van der Waals surface area contributed by atoms with E-state index >= 15 is 0 Å². The molecule has 35 heavy (non-hydrogen) atoms. The number of rotatable bonds is 14. The van der Waals surface area contributed by atoms with Gasteiger partial charge in [0.05, 0.1) is 19.1 Å². The van der Waals surface area contributed by atoms with E-state index in [9.17, 15) is 34.2 Å². The van der Waals surface area contributed by atoms with E-state index in [-0.39, 0.29) is 18.1 Å². The zero-order valence-corrected chi connectivity index (χ0v) is 19.6. The Hall–Kier alpha value is -3.71. The SMILES string of the molecule is CC(C)CC(N)C(=O)NC(CC(N)=O)C(=O)NC(Cc1ccc(O)cc1)C(=O)NC(CO)C(=O)O. The van der Waals surface area contributed by atoms with Crippen molar-refractivity contribution in [2.45, 2.75) is 57.3 Å². The van der Waals surface area contributed by atoms with Gasteiger partial charge in [-0.2, -0.15) is 0 Å². The van der Waals surface area contributed by atoms with Gasteiger partial charge in [-0.25, -0.2) is 4.79 Å². The van der Waals surface area contributed by atoms with Gasteiger partial charge in [0.15, 0.2) is 0 Å². The lowest BCUT2D eigenvalue weighted by atomic mass is 10.0.